The number of hydrogen-bond donors (Lipinski definition) is 2. The van der Waals surface area contributed by atoms with Gasteiger partial charge in [-0.05, 0) is 37.0 Å². The first-order valence-corrected chi connectivity index (χ1v) is 6.49. The third kappa shape index (κ3) is 2.75. The molecule has 2 N–H and O–H groups in total. The highest BCUT2D eigenvalue weighted by Crippen LogP contribution is 2.36. The molecule has 0 radical (unpaired) electrons. The molecule has 1 fully saturated rings. The molecular formula is C14H17F2NO3. The van der Waals surface area contributed by atoms with Crippen LogP contribution in [-0.4, -0.2) is 40.4 Å². The summed E-state index contributed by atoms with van der Waals surface area (Å²) in [6, 6.07) is 3.46. The lowest BCUT2D eigenvalue weighted by atomic mass is 9.78. The number of piperidine rings is 1. The van der Waals surface area contributed by atoms with Crippen molar-refractivity contribution in [1.82, 2.24) is 4.90 Å². The van der Waals surface area contributed by atoms with E-state index >= 15 is 0 Å². The third-order valence-corrected chi connectivity index (χ3v) is 3.98. The predicted octanol–water partition coefficient (Wildman–Crippen LogP) is 2.43. The van der Waals surface area contributed by atoms with Crippen LogP contribution in [0.15, 0.2) is 18.2 Å². The van der Waals surface area contributed by atoms with Crippen molar-refractivity contribution in [3.8, 4) is 0 Å². The molecule has 110 valence electrons. The zero-order chi connectivity index (χ0) is 14.9. The van der Waals surface area contributed by atoms with Gasteiger partial charge in [0.25, 0.3) is 0 Å². The highest BCUT2D eigenvalue weighted by atomic mass is 19.2. The van der Waals surface area contributed by atoms with Gasteiger partial charge in [-0.2, -0.15) is 0 Å². The van der Waals surface area contributed by atoms with E-state index in [4.69, 9.17) is 5.11 Å². The van der Waals surface area contributed by atoms with Gasteiger partial charge in [-0.25, -0.2) is 13.6 Å². The number of aliphatic hydroxyl groups excluding tert-OH is 1. The van der Waals surface area contributed by atoms with E-state index in [9.17, 15) is 18.7 Å². The van der Waals surface area contributed by atoms with Gasteiger partial charge in [-0.15, -0.1) is 0 Å². The van der Waals surface area contributed by atoms with Gasteiger partial charge in [0.05, 0.1) is 0 Å². The van der Waals surface area contributed by atoms with Crippen molar-refractivity contribution in [3.05, 3.63) is 35.4 Å². The standard InChI is InChI=1S/C14H17F2NO3/c1-8-4-11(9-2-3-12(15)13(16)5-9)10(7-18)6-17(8)14(19)20/h2-3,5,8,10-11,18H,4,6-7H2,1H3,(H,19,20)/t8-,10+,11+/m0/s1. The second kappa shape index (κ2) is 5.75. The van der Waals surface area contributed by atoms with Crippen molar-refractivity contribution >= 4 is 6.09 Å². The monoisotopic (exact) mass is 285 g/mol. The largest absolute Gasteiger partial charge is 0.465 e. The lowest BCUT2D eigenvalue weighted by Gasteiger charge is -2.41. The number of benzene rings is 1. The molecule has 3 atom stereocenters. The Morgan fingerprint density at radius 2 is 2.10 bits per heavy atom. The molecule has 1 aliphatic heterocycles. The minimum atomic E-state index is -1.03. The van der Waals surface area contributed by atoms with Gasteiger partial charge in [0.1, 0.15) is 0 Å². The van der Waals surface area contributed by atoms with Crippen LogP contribution in [0.2, 0.25) is 0 Å². The van der Waals surface area contributed by atoms with E-state index in [2.05, 4.69) is 0 Å². The second-order valence-corrected chi connectivity index (χ2v) is 5.24. The molecule has 1 aromatic carbocycles. The van der Waals surface area contributed by atoms with E-state index in [1.54, 1.807) is 6.92 Å². The van der Waals surface area contributed by atoms with Crippen molar-refractivity contribution in [3.63, 3.8) is 0 Å². The average molecular weight is 285 g/mol. The Hall–Kier alpha value is -1.69. The highest BCUT2D eigenvalue weighted by molar-refractivity contribution is 5.65. The second-order valence-electron chi connectivity index (χ2n) is 5.24. The first kappa shape index (κ1) is 14.7. The number of halogens is 2. The molecule has 0 unspecified atom stereocenters. The van der Waals surface area contributed by atoms with Crippen LogP contribution in [0.5, 0.6) is 0 Å². The zero-order valence-electron chi connectivity index (χ0n) is 11.1. The van der Waals surface area contributed by atoms with Gasteiger partial charge in [0.15, 0.2) is 11.6 Å². The molecule has 1 amide bonds. The molecule has 1 aliphatic rings. The topological polar surface area (TPSA) is 60.8 Å². The van der Waals surface area contributed by atoms with Crippen LogP contribution >= 0.6 is 0 Å². The number of hydrogen-bond acceptors (Lipinski definition) is 2. The molecule has 0 aromatic heterocycles. The summed E-state index contributed by atoms with van der Waals surface area (Å²) < 4.78 is 26.3. The summed E-state index contributed by atoms with van der Waals surface area (Å²) in [5, 5.41) is 18.5. The van der Waals surface area contributed by atoms with Crippen molar-refractivity contribution < 1.29 is 23.8 Å². The summed E-state index contributed by atoms with van der Waals surface area (Å²) in [4.78, 5) is 12.4. The number of carboxylic acid groups (broad SMARTS) is 1. The zero-order valence-corrected chi connectivity index (χ0v) is 11.1. The van der Waals surface area contributed by atoms with Crippen molar-refractivity contribution in [2.45, 2.75) is 25.3 Å². The number of likely N-dealkylation sites (tertiary alicyclic amines) is 1. The van der Waals surface area contributed by atoms with Crippen LogP contribution in [0.3, 0.4) is 0 Å². The van der Waals surface area contributed by atoms with E-state index in [1.165, 1.54) is 11.0 Å². The molecule has 6 heteroatoms. The quantitative estimate of drug-likeness (QED) is 0.877. The number of nitrogens with zero attached hydrogens (tertiary/aromatic N) is 1. The van der Waals surface area contributed by atoms with Crippen LogP contribution in [0.1, 0.15) is 24.8 Å². The van der Waals surface area contributed by atoms with Crippen LogP contribution in [-0.2, 0) is 0 Å². The van der Waals surface area contributed by atoms with Crippen molar-refractivity contribution in [2.75, 3.05) is 13.2 Å². The maximum atomic E-state index is 13.3. The molecule has 0 aliphatic carbocycles. The Morgan fingerprint density at radius 1 is 1.40 bits per heavy atom. The van der Waals surface area contributed by atoms with E-state index in [0.717, 1.165) is 12.1 Å². The van der Waals surface area contributed by atoms with Crippen LogP contribution in [0, 0.1) is 17.6 Å². The number of rotatable bonds is 2. The summed E-state index contributed by atoms with van der Waals surface area (Å²) in [5.41, 5.74) is 0.597. The first-order valence-electron chi connectivity index (χ1n) is 6.49. The normalized spacial score (nSPS) is 26.6. The van der Waals surface area contributed by atoms with Gasteiger partial charge < -0.3 is 15.1 Å². The molecule has 4 nitrogen and oxygen atoms in total. The van der Waals surface area contributed by atoms with E-state index in [-0.39, 0.29) is 31.0 Å². The molecule has 1 aromatic rings. The van der Waals surface area contributed by atoms with Gasteiger partial charge in [0, 0.05) is 25.1 Å². The summed E-state index contributed by atoms with van der Waals surface area (Å²) in [6.07, 6.45) is -0.553. The minimum Gasteiger partial charge on any atom is -0.465 e. The third-order valence-electron chi connectivity index (χ3n) is 3.98. The summed E-state index contributed by atoms with van der Waals surface area (Å²) >= 11 is 0. The SMILES string of the molecule is C[C@H]1C[C@H](c2ccc(F)c(F)c2)[C@@H](CO)CN1C(=O)O. The smallest absolute Gasteiger partial charge is 0.407 e. The molecule has 1 saturated heterocycles. The maximum Gasteiger partial charge on any atom is 0.407 e. The molecule has 0 bridgehead atoms. The first-order chi connectivity index (χ1) is 9.43. The van der Waals surface area contributed by atoms with Gasteiger partial charge in [-0.1, -0.05) is 6.07 Å². The minimum absolute atomic E-state index is 0.180. The number of amides is 1. The maximum absolute atomic E-state index is 13.3. The Bertz CT molecular complexity index is 509. The van der Waals surface area contributed by atoms with Crippen LogP contribution in [0.25, 0.3) is 0 Å². The van der Waals surface area contributed by atoms with E-state index < -0.39 is 17.7 Å². The summed E-state index contributed by atoms with van der Waals surface area (Å²) in [7, 11) is 0. The van der Waals surface area contributed by atoms with E-state index in [0.29, 0.717) is 12.0 Å². The highest BCUT2D eigenvalue weighted by Gasteiger charge is 2.36. The van der Waals surface area contributed by atoms with Crippen LogP contribution in [0.4, 0.5) is 13.6 Å². The molecule has 0 saturated carbocycles. The fraction of sp³-hybridized carbons (Fsp3) is 0.500. The average Bonchev–Trinajstić information content (AvgIpc) is 2.41. The molecule has 20 heavy (non-hydrogen) atoms. The van der Waals surface area contributed by atoms with Gasteiger partial charge in [0.2, 0.25) is 0 Å². The molecule has 1 heterocycles. The van der Waals surface area contributed by atoms with E-state index in [1.807, 2.05) is 0 Å². The Labute approximate surface area is 115 Å². The Morgan fingerprint density at radius 3 is 2.65 bits per heavy atom. The summed E-state index contributed by atoms with van der Waals surface area (Å²) in [6.45, 7) is 1.77. The molecule has 0 spiro atoms. The lowest BCUT2D eigenvalue weighted by molar-refractivity contribution is 0.0616. The predicted molar refractivity (Wildman–Crippen MR) is 68.5 cm³/mol. The Balaban J connectivity index is 2.26. The molecule has 2 rings (SSSR count). The molecular weight excluding hydrogens is 268 g/mol. The number of aliphatic hydroxyl groups is 1. The van der Waals surface area contributed by atoms with Gasteiger partial charge in [-0.3, -0.25) is 0 Å². The fourth-order valence-electron chi connectivity index (χ4n) is 2.85. The van der Waals surface area contributed by atoms with Crippen molar-refractivity contribution in [2.24, 2.45) is 5.92 Å². The Kier molecular flexibility index (Phi) is 4.23. The van der Waals surface area contributed by atoms with Crippen LogP contribution < -0.4 is 0 Å². The van der Waals surface area contributed by atoms with Crippen molar-refractivity contribution in [1.29, 1.82) is 0 Å². The number of carbonyl (C=O) groups is 1. The lowest BCUT2D eigenvalue weighted by Crippen LogP contribution is -2.48. The summed E-state index contributed by atoms with van der Waals surface area (Å²) in [5.74, 6) is -2.33. The fourth-order valence-corrected chi connectivity index (χ4v) is 2.85. The van der Waals surface area contributed by atoms with Gasteiger partial charge >= 0.3 is 6.09 Å².